The highest BCUT2D eigenvalue weighted by atomic mass is 19.1. The van der Waals surface area contributed by atoms with Crippen molar-refractivity contribution < 1.29 is 22.7 Å². The van der Waals surface area contributed by atoms with E-state index in [1.807, 2.05) is 36.1 Å². The Kier molecular flexibility index (Phi) is 5.76. The van der Waals surface area contributed by atoms with Crippen molar-refractivity contribution in [2.24, 2.45) is 0 Å². The molecule has 1 aliphatic heterocycles. The molecule has 0 radical (unpaired) electrons. The summed E-state index contributed by atoms with van der Waals surface area (Å²) >= 11 is 0. The smallest absolute Gasteiger partial charge is 0.330 e. The maximum Gasteiger partial charge on any atom is 0.330 e. The van der Waals surface area contributed by atoms with Gasteiger partial charge in [0.1, 0.15) is 17.3 Å². The van der Waals surface area contributed by atoms with Crippen LogP contribution in [0.5, 0.6) is 0 Å². The third kappa shape index (κ3) is 4.13. The fourth-order valence-electron chi connectivity index (χ4n) is 5.00. The molecule has 34 heavy (non-hydrogen) atoms. The van der Waals surface area contributed by atoms with Crippen molar-refractivity contribution in [1.82, 2.24) is 9.88 Å². The molecule has 1 aromatic heterocycles. The first-order valence-corrected chi connectivity index (χ1v) is 11.7. The van der Waals surface area contributed by atoms with Crippen LogP contribution >= 0.6 is 0 Å². The van der Waals surface area contributed by atoms with Gasteiger partial charge < -0.3 is 9.72 Å². The Bertz CT molecular complexity index is 1260. The number of ether oxygens (including phenoxy) is 1. The molecule has 1 saturated carbocycles. The zero-order valence-corrected chi connectivity index (χ0v) is 19.2. The van der Waals surface area contributed by atoms with Crippen LogP contribution in [-0.4, -0.2) is 40.7 Å². The van der Waals surface area contributed by atoms with Crippen molar-refractivity contribution in [2.75, 3.05) is 13.2 Å². The molecule has 3 aromatic rings. The number of H-pyrrole nitrogens is 1. The highest BCUT2D eigenvalue weighted by molar-refractivity contribution is 5.87. The van der Waals surface area contributed by atoms with Gasteiger partial charge in [-0.25, -0.2) is 18.0 Å². The van der Waals surface area contributed by atoms with Crippen LogP contribution in [0.25, 0.3) is 17.0 Å². The number of aromatic nitrogens is 1. The topological polar surface area (TPSA) is 45.3 Å². The Morgan fingerprint density at radius 1 is 1.24 bits per heavy atom. The van der Waals surface area contributed by atoms with Crippen LogP contribution < -0.4 is 0 Å². The number of hydrogen-bond acceptors (Lipinski definition) is 3. The predicted octanol–water partition coefficient (Wildman–Crippen LogP) is 5.86. The number of para-hydroxylation sites is 1. The molecule has 0 spiro atoms. The van der Waals surface area contributed by atoms with E-state index in [2.05, 4.69) is 4.98 Å². The van der Waals surface area contributed by atoms with Gasteiger partial charge in [0.15, 0.2) is 0 Å². The van der Waals surface area contributed by atoms with Gasteiger partial charge in [-0.3, -0.25) is 4.90 Å². The van der Waals surface area contributed by atoms with Gasteiger partial charge in [0.25, 0.3) is 0 Å². The standard InChI is InChI=1S/C27H27F3N2O2/c1-3-34-23(33)9-8-17-13-20(28)24(21(29)14-17)26-25-19(18-6-4-5-7-22(18)31-25)12-16(2)32(26)15-27(30)10-11-27/h4-9,13-14,16,26,31H,3,10-12,15H2,1-2H3/b9-8+/t16-,26-/m1/s1. The van der Waals surface area contributed by atoms with E-state index in [9.17, 15) is 9.18 Å². The van der Waals surface area contributed by atoms with Crippen LogP contribution in [0.3, 0.4) is 0 Å². The number of esters is 1. The quantitative estimate of drug-likeness (QED) is 0.364. The van der Waals surface area contributed by atoms with Crippen LogP contribution in [0.15, 0.2) is 42.5 Å². The largest absolute Gasteiger partial charge is 0.463 e. The summed E-state index contributed by atoms with van der Waals surface area (Å²) in [5.74, 6) is -2.05. The Hall–Kier alpha value is -3.06. The van der Waals surface area contributed by atoms with E-state index >= 15 is 8.78 Å². The summed E-state index contributed by atoms with van der Waals surface area (Å²) in [6, 6.07) is 9.30. The summed E-state index contributed by atoms with van der Waals surface area (Å²) in [5, 5.41) is 1.02. The van der Waals surface area contributed by atoms with Crippen molar-refractivity contribution in [1.29, 1.82) is 0 Å². The number of alkyl halides is 1. The van der Waals surface area contributed by atoms with Crippen LogP contribution in [0.1, 0.15) is 55.1 Å². The summed E-state index contributed by atoms with van der Waals surface area (Å²) in [7, 11) is 0. The lowest BCUT2D eigenvalue weighted by atomic mass is 9.87. The third-order valence-electron chi connectivity index (χ3n) is 6.85. The first-order valence-electron chi connectivity index (χ1n) is 11.7. The zero-order valence-electron chi connectivity index (χ0n) is 19.2. The molecular weight excluding hydrogens is 441 g/mol. The first kappa shape index (κ1) is 22.7. The lowest BCUT2D eigenvalue weighted by Crippen LogP contribution is -2.46. The van der Waals surface area contributed by atoms with Gasteiger partial charge in [0.2, 0.25) is 0 Å². The number of nitrogens with one attached hydrogen (secondary N) is 1. The molecule has 1 aliphatic carbocycles. The maximum absolute atomic E-state index is 15.5. The normalized spacial score (nSPS) is 21.7. The molecular formula is C27H27F3N2O2. The van der Waals surface area contributed by atoms with Crippen molar-refractivity contribution >= 4 is 22.9 Å². The Labute approximate surface area is 196 Å². The summed E-state index contributed by atoms with van der Waals surface area (Å²) in [6.45, 7) is 3.99. The molecule has 2 aliphatic rings. The fraction of sp³-hybridized carbons (Fsp3) is 0.370. The molecule has 7 heteroatoms. The third-order valence-corrected chi connectivity index (χ3v) is 6.85. The lowest BCUT2D eigenvalue weighted by Gasteiger charge is -2.42. The van der Waals surface area contributed by atoms with Gasteiger partial charge in [0.05, 0.1) is 12.6 Å². The zero-order chi connectivity index (χ0) is 24.0. The van der Waals surface area contributed by atoms with E-state index in [-0.39, 0.29) is 30.3 Å². The molecule has 1 fully saturated rings. The SMILES string of the molecule is CCOC(=O)/C=C/c1cc(F)c([C@@H]2c3[nH]c4ccccc4c3C[C@@H](C)N2CC2(F)CC2)c(F)c1. The molecule has 1 N–H and O–H groups in total. The van der Waals surface area contributed by atoms with Crippen LogP contribution in [0.2, 0.25) is 0 Å². The van der Waals surface area contributed by atoms with Crippen molar-refractivity contribution in [3.8, 4) is 0 Å². The van der Waals surface area contributed by atoms with Crippen LogP contribution in [0, 0.1) is 11.6 Å². The number of aromatic amines is 1. The van der Waals surface area contributed by atoms with Crippen LogP contribution in [-0.2, 0) is 16.0 Å². The number of nitrogens with zero attached hydrogens (tertiary/aromatic N) is 1. The molecule has 0 amide bonds. The highest BCUT2D eigenvalue weighted by Gasteiger charge is 2.49. The lowest BCUT2D eigenvalue weighted by molar-refractivity contribution is -0.137. The Morgan fingerprint density at radius 2 is 1.94 bits per heavy atom. The molecule has 178 valence electrons. The van der Waals surface area contributed by atoms with Gasteiger partial charge >= 0.3 is 5.97 Å². The Balaban J connectivity index is 1.61. The highest BCUT2D eigenvalue weighted by Crippen LogP contribution is 2.47. The summed E-state index contributed by atoms with van der Waals surface area (Å²) in [6.07, 6.45) is 4.05. The van der Waals surface area contributed by atoms with Gasteiger partial charge in [-0.15, -0.1) is 0 Å². The number of halogens is 3. The first-order chi connectivity index (χ1) is 16.3. The van der Waals surface area contributed by atoms with Gasteiger partial charge in [-0.05, 0) is 68.5 Å². The number of rotatable bonds is 6. The molecule has 2 aromatic carbocycles. The van der Waals surface area contributed by atoms with E-state index in [4.69, 9.17) is 4.74 Å². The predicted molar refractivity (Wildman–Crippen MR) is 125 cm³/mol. The average molecular weight is 469 g/mol. The molecule has 0 saturated heterocycles. The van der Waals surface area contributed by atoms with E-state index < -0.39 is 29.3 Å². The number of carbonyl (C=O) groups is 1. The minimum atomic E-state index is -1.31. The van der Waals surface area contributed by atoms with E-state index in [0.717, 1.165) is 22.5 Å². The van der Waals surface area contributed by atoms with Gasteiger partial charge in [-0.2, -0.15) is 0 Å². The van der Waals surface area contributed by atoms with Gasteiger partial charge in [-0.1, -0.05) is 18.2 Å². The second-order valence-corrected chi connectivity index (χ2v) is 9.33. The van der Waals surface area contributed by atoms with Crippen molar-refractivity contribution in [3.63, 3.8) is 0 Å². The van der Waals surface area contributed by atoms with Crippen LogP contribution in [0.4, 0.5) is 13.2 Å². The number of carbonyl (C=O) groups excluding carboxylic acids is 1. The minimum Gasteiger partial charge on any atom is -0.463 e. The van der Waals surface area contributed by atoms with E-state index in [1.165, 1.54) is 18.2 Å². The molecule has 2 atom stereocenters. The summed E-state index contributed by atoms with van der Waals surface area (Å²) in [4.78, 5) is 16.9. The molecule has 5 rings (SSSR count). The monoisotopic (exact) mass is 468 g/mol. The maximum atomic E-state index is 15.5. The summed E-state index contributed by atoms with van der Waals surface area (Å²) in [5.41, 5.74) is 1.39. The number of benzene rings is 2. The van der Waals surface area contributed by atoms with Crippen molar-refractivity contribution in [3.05, 3.63) is 76.5 Å². The van der Waals surface area contributed by atoms with Crippen molar-refractivity contribution in [2.45, 2.75) is 50.9 Å². The number of hydrogen-bond donors (Lipinski definition) is 1. The second kappa shape index (κ2) is 8.62. The summed E-state index contributed by atoms with van der Waals surface area (Å²) < 4.78 is 50.9. The minimum absolute atomic E-state index is 0.105. The molecule has 4 nitrogen and oxygen atoms in total. The average Bonchev–Trinajstić information content (AvgIpc) is 3.41. The van der Waals surface area contributed by atoms with Gasteiger partial charge in [0, 0.05) is 40.8 Å². The molecule has 0 bridgehead atoms. The number of fused-ring (bicyclic) bond motifs is 3. The second-order valence-electron chi connectivity index (χ2n) is 9.33. The van der Waals surface area contributed by atoms with E-state index in [0.29, 0.717) is 25.0 Å². The Morgan fingerprint density at radius 3 is 2.62 bits per heavy atom. The fourth-order valence-corrected chi connectivity index (χ4v) is 5.00. The van der Waals surface area contributed by atoms with E-state index in [1.54, 1.807) is 6.92 Å². The molecule has 0 unspecified atom stereocenters. The molecule has 2 heterocycles.